The minimum atomic E-state index is 0. The number of hydrogen-bond acceptors (Lipinski definition) is 2. The van der Waals surface area contributed by atoms with Gasteiger partial charge in [-0.1, -0.05) is 44.2 Å². The summed E-state index contributed by atoms with van der Waals surface area (Å²) >= 11 is 0. The number of rotatable bonds is 10. The monoisotopic (exact) mass is 418 g/mol. The lowest BCUT2D eigenvalue weighted by atomic mass is 10.1. The lowest BCUT2D eigenvalue weighted by Gasteiger charge is -2.17. The van der Waals surface area contributed by atoms with Crippen LogP contribution in [-0.2, 0) is 6.42 Å². The van der Waals surface area contributed by atoms with Crippen molar-refractivity contribution in [3.05, 3.63) is 35.9 Å². The van der Waals surface area contributed by atoms with Gasteiger partial charge in [0.05, 0.1) is 0 Å². The molecule has 0 saturated heterocycles. The molecule has 0 radical (unpaired) electrons. The van der Waals surface area contributed by atoms with E-state index in [1.54, 1.807) is 0 Å². The van der Waals surface area contributed by atoms with Crippen molar-refractivity contribution >= 4 is 29.9 Å². The third kappa shape index (κ3) is 10.00. The largest absolute Gasteiger partial charge is 0.370 e. The van der Waals surface area contributed by atoms with Gasteiger partial charge in [0.25, 0.3) is 0 Å². The zero-order chi connectivity index (χ0) is 15.3. The van der Waals surface area contributed by atoms with Gasteiger partial charge in [0.1, 0.15) is 0 Å². The van der Waals surface area contributed by atoms with Crippen LogP contribution in [0, 0.1) is 0 Å². The molecule has 0 heterocycles. The van der Waals surface area contributed by atoms with Crippen LogP contribution in [0.25, 0.3) is 0 Å². The molecule has 3 N–H and O–H groups in total. The molecule has 1 aromatic carbocycles. The van der Waals surface area contributed by atoms with Crippen LogP contribution in [0.2, 0.25) is 0 Å². The van der Waals surface area contributed by atoms with E-state index in [0.717, 1.165) is 45.6 Å². The highest BCUT2D eigenvalue weighted by Gasteiger charge is 1.98. The molecule has 0 unspecified atom stereocenters. The maximum atomic E-state index is 5.86. The van der Waals surface area contributed by atoms with Gasteiger partial charge in [-0.15, -0.1) is 24.0 Å². The maximum absolute atomic E-state index is 5.86. The second kappa shape index (κ2) is 13.8. The van der Waals surface area contributed by atoms with E-state index in [9.17, 15) is 0 Å². The maximum Gasteiger partial charge on any atom is 0.188 e. The normalized spacial score (nSPS) is 11.3. The number of benzene rings is 1. The van der Waals surface area contributed by atoms with Crippen molar-refractivity contribution in [3.8, 4) is 0 Å². The number of unbranched alkanes of at least 4 members (excludes halogenated alkanes) is 1. The molecule has 0 saturated carbocycles. The molecule has 126 valence electrons. The van der Waals surface area contributed by atoms with Crippen molar-refractivity contribution in [2.24, 2.45) is 10.7 Å². The minimum Gasteiger partial charge on any atom is -0.370 e. The summed E-state index contributed by atoms with van der Waals surface area (Å²) in [7, 11) is 0. The van der Waals surface area contributed by atoms with Gasteiger partial charge in [-0.05, 0) is 44.5 Å². The molecule has 4 nitrogen and oxygen atoms in total. The number of halogens is 1. The van der Waals surface area contributed by atoms with Crippen molar-refractivity contribution in [3.63, 3.8) is 0 Å². The molecule has 22 heavy (non-hydrogen) atoms. The van der Waals surface area contributed by atoms with E-state index in [-0.39, 0.29) is 24.0 Å². The molecule has 1 rings (SSSR count). The summed E-state index contributed by atoms with van der Waals surface area (Å²) in [6, 6.07) is 10.4. The van der Waals surface area contributed by atoms with E-state index in [4.69, 9.17) is 5.73 Å². The molecule has 0 aliphatic rings. The predicted molar refractivity (Wildman–Crippen MR) is 107 cm³/mol. The Kier molecular flexibility index (Phi) is 13.3. The van der Waals surface area contributed by atoms with Gasteiger partial charge in [-0.2, -0.15) is 0 Å². The first-order valence-electron chi connectivity index (χ1n) is 8.06. The van der Waals surface area contributed by atoms with Crippen LogP contribution in [-0.4, -0.2) is 43.6 Å². The van der Waals surface area contributed by atoms with Crippen molar-refractivity contribution < 1.29 is 0 Å². The van der Waals surface area contributed by atoms with Crippen LogP contribution in [0.15, 0.2) is 35.3 Å². The summed E-state index contributed by atoms with van der Waals surface area (Å²) in [6.07, 6.45) is 3.25. The van der Waals surface area contributed by atoms with Crippen molar-refractivity contribution in [2.45, 2.75) is 33.1 Å². The zero-order valence-corrected chi connectivity index (χ0v) is 16.3. The van der Waals surface area contributed by atoms with Gasteiger partial charge in [0.2, 0.25) is 0 Å². The lowest BCUT2D eigenvalue weighted by Crippen LogP contribution is -2.33. The first kappa shape index (κ1) is 21.2. The molecule has 0 amide bonds. The Balaban J connectivity index is 0.00000441. The number of nitrogens with one attached hydrogen (secondary N) is 1. The van der Waals surface area contributed by atoms with Crippen LogP contribution < -0.4 is 11.1 Å². The predicted octanol–water partition coefficient (Wildman–Crippen LogP) is 2.87. The quantitative estimate of drug-likeness (QED) is 0.266. The average molecular weight is 418 g/mol. The first-order valence-corrected chi connectivity index (χ1v) is 8.06. The number of nitrogens with zero attached hydrogens (tertiary/aromatic N) is 2. The third-order valence-corrected chi connectivity index (χ3v) is 3.62. The number of guanidine groups is 1. The van der Waals surface area contributed by atoms with Gasteiger partial charge in [-0.3, -0.25) is 4.99 Å². The van der Waals surface area contributed by atoms with Crippen molar-refractivity contribution in [2.75, 3.05) is 32.7 Å². The van der Waals surface area contributed by atoms with Crippen LogP contribution in [0.1, 0.15) is 32.3 Å². The minimum absolute atomic E-state index is 0. The summed E-state index contributed by atoms with van der Waals surface area (Å²) in [5.74, 6) is 0.564. The van der Waals surface area contributed by atoms with E-state index < -0.39 is 0 Å². The van der Waals surface area contributed by atoms with E-state index in [1.807, 2.05) is 6.07 Å². The summed E-state index contributed by atoms with van der Waals surface area (Å²) in [5, 5.41) is 3.17. The topological polar surface area (TPSA) is 53.6 Å². The highest BCUT2D eigenvalue weighted by molar-refractivity contribution is 14.0. The highest BCUT2D eigenvalue weighted by Crippen LogP contribution is 1.98. The molecule has 0 spiro atoms. The number of nitrogens with two attached hydrogens (primary N) is 1. The van der Waals surface area contributed by atoms with E-state index in [1.165, 1.54) is 12.0 Å². The standard InChI is InChI=1S/C17H30N4.HI/c1-3-21(4-2)15-9-8-13-19-17(18)20-14-12-16-10-6-5-7-11-16;/h5-7,10-11H,3-4,8-9,12-15H2,1-2H3,(H3,18,19,20);1H. The number of hydrogen-bond donors (Lipinski definition) is 2. The molecule has 0 bridgehead atoms. The van der Waals surface area contributed by atoms with Crippen LogP contribution in [0.5, 0.6) is 0 Å². The Bertz CT molecular complexity index is 391. The molecule has 1 aromatic rings. The molecule has 0 fully saturated rings. The Morgan fingerprint density at radius 1 is 1.14 bits per heavy atom. The molecule has 5 heteroatoms. The average Bonchev–Trinajstić information content (AvgIpc) is 2.52. The van der Waals surface area contributed by atoms with Crippen molar-refractivity contribution in [1.29, 1.82) is 0 Å². The van der Waals surface area contributed by atoms with Crippen molar-refractivity contribution in [1.82, 2.24) is 10.2 Å². The fourth-order valence-electron chi connectivity index (χ4n) is 2.22. The second-order valence-corrected chi connectivity index (χ2v) is 5.16. The molecule has 0 aromatic heterocycles. The first-order chi connectivity index (χ1) is 10.3. The van der Waals surface area contributed by atoms with Crippen LogP contribution >= 0.6 is 24.0 Å². The fourth-order valence-corrected chi connectivity index (χ4v) is 2.22. The van der Waals surface area contributed by atoms with Gasteiger partial charge in [0.15, 0.2) is 5.96 Å². The summed E-state index contributed by atoms with van der Waals surface area (Å²) in [6.45, 7) is 9.46. The highest BCUT2D eigenvalue weighted by atomic mass is 127. The summed E-state index contributed by atoms with van der Waals surface area (Å²) in [4.78, 5) is 6.80. The zero-order valence-electron chi connectivity index (χ0n) is 13.9. The fraction of sp³-hybridized carbons (Fsp3) is 0.588. The van der Waals surface area contributed by atoms with E-state index in [0.29, 0.717) is 5.96 Å². The Hall–Kier alpha value is -0.820. The van der Waals surface area contributed by atoms with Gasteiger partial charge in [0, 0.05) is 13.1 Å². The SMILES string of the molecule is CCN(CC)CCCCN=C(N)NCCc1ccccc1.I. The molecular formula is C17H31IN4. The summed E-state index contributed by atoms with van der Waals surface area (Å²) < 4.78 is 0. The molecule has 0 aliphatic carbocycles. The Morgan fingerprint density at radius 2 is 1.82 bits per heavy atom. The second-order valence-electron chi connectivity index (χ2n) is 5.16. The smallest absolute Gasteiger partial charge is 0.188 e. The Morgan fingerprint density at radius 3 is 2.45 bits per heavy atom. The van der Waals surface area contributed by atoms with Crippen LogP contribution in [0.4, 0.5) is 0 Å². The van der Waals surface area contributed by atoms with E-state index >= 15 is 0 Å². The molecule has 0 aliphatic heterocycles. The Labute approximate surface area is 152 Å². The van der Waals surface area contributed by atoms with Gasteiger partial charge < -0.3 is 16.0 Å². The molecular weight excluding hydrogens is 387 g/mol. The summed E-state index contributed by atoms with van der Waals surface area (Å²) in [5.41, 5.74) is 7.18. The van der Waals surface area contributed by atoms with Gasteiger partial charge in [-0.25, -0.2) is 0 Å². The van der Waals surface area contributed by atoms with E-state index in [2.05, 4.69) is 53.3 Å². The number of aliphatic imine (C=N–C) groups is 1. The van der Waals surface area contributed by atoms with Gasteiger partial charge >= 0.3 is 0 Å². The lowest BCUT2D eigenvalue weighted by molar-refractivity contribution is 0.297. The molecule has 0 atom stereocenters. The van der Waals surface area contributed by atoms with Crippen LogP contribution in [0.3, 0.4) is 0 Å². The third-order valence-electron chi connectivity index (χ3n) is 3.62.